The Kier molecular flexibility index (Phi) is 7.70. The van der Waals surface area contributed by atoms with E-state index >= 15 is 0 Å². The Morgan fingerprint density at radius 1 is 0.765 bits per heavy atom. The minimum absolute atomic E-state index is 0.0211. The molecule has 0 aliphatic carbocycles. The van der Waals surface area contributed by atoms with Crippen molar-refractivity contribution in [3.63, 3.8) is 0 Å². The van der Waals surface area contributed by atoms with Crippen LogP contribution in [0.25, 0.3) is 0 Å². The maximum Gasteiger partial charge on any atom is 0.348 e. The van der Waals surface area contributed by atoms with E-state index in [4.69, 9.17) is 31.3 Å². The third-order valence-electron chi connectivity index (χ3n) is 1.94. The Morgan fingerprint density at radius 3 is 1.71 bits per heavy atom. The molecule has 0 aliphatic rings. The molecule has 0 fully saturated rings. The van der Waals surface area contributed by atoms with E-state index < -0.39 is 11.9 Å². The number of aliphatic hydroxyl groups is 5. The first kappa shape index (κ1) is 16.6. The van der Waals surface area contributed by atoms with Crippen molar-refractivity contribution in [3.8, 4) is 0 Å². The molecular weight excluding hydrogens is 232 g/mol. The highest BCUT2D eigenvalue weighted by molar-refractivity contribution is 4.70. The van der Waals surface area contributed by atoms with E-state index in [2.05, 4.69) is 10.6 Å². The predicted molar refractivity (Wildman–Crippen MR) is 59.4 cm³/mol. The molecule has 17 heavy (non-hydrogen) atoms. The molecule has 0 atom stereocenters. The van der Waals surface area contributed by atoms with Gasteiger partial charge < -0.3 is 41.9 Å². The molecule has 0 rings (SSSR count). The Morgan fingerprint density at radius 2 is 1.24 bits per heavy atom. The second-order valence-electron chi connectivity index (χ2n) is 3.52. The lowest BCUT2D eigenvalue weighted by molar-refractivity contribution is -0.455. The minimum atomic E-state index is -3.62. The van der Waals surface area contributed by atoms with Gasteiger partial charge in [-0.05, 0) is 0 Å². The van der Waals surface area contributed by atoms with Crippen molar-refractivity contribution in [2.45, 2.75) is 11.9 Å². The second-order valence-corrected chi connectivity index (χ2v) is 3.52. The Hall–Kier alpha value is -0.360. The van der Waals surface area contributed by atoms with E-state index in [1.807, 2.05) is 5.32 Å². The van der Waals surface area contributed by atoms with Crippen molar-refractivity contribution in [2.75, 3.05) is 39.3 Å². The normalized spacial score (nSPS) is 13.1. The minimum Gasteiger partial charge on any atom is -0.347 e. The summed E-state index contributed by atoms with van der Waals surface area (Å²) in [5.74, 6) is -6.79. The van der Waals surface area contributed by atoms with Gasteiger partial charge in [0.1, 0.15) is 0 Å². The Labute approximate surface area is 99.3 Å². The summed E-state index contributed by atoms with van der Waals surface area (Å²) in [7, 11) is 0. The van der Waals surface area contributed by atoms with Crippen LogP contribution in [0.2, 0.25) is 0 Å². The number of hydrogen-bond acceptors (Lipinski definition) is 9. The Bertz CT molecular complexity index is 197. The third kappa shape index (κ3) is 7.54. The van der Waals surface area contributed by atoms with Crippen LogP contribution in [0.3, 0.4) is 0 Å². The van der Waals surface area contributed by atoms with Gasteiger partial charge in [0.2, 0.25) is 0 Å². The van der Waals surface area contributed by atoms with Gasteiger partial charge in [0.15, 0.2) is 0 Å². The summed E-state index contributed by atoms with van der Waals surface area (Å²) in [6.07, 6.45) is 0. The van der Waals surface area contributed by atoms with Gasteiger partial charge in [-0.25, -0.2) is 0 Å². The molecule has 0 heterocycles. The van der Waals surface area contributed by atoms with Crippen molar-refractivity contribution in [1.29, 1.82) is 0 Å². The van der Waals surface area contributed by atoms with Gasteiger partial charge in [-0.1, -0.05) is 0 Å². The fraction of sp³-hybridized carbons (Fsp3) is 1.00. The van der Waals surface area contributed by atoms with E-state index in [1.54, 1.807) is 0 Å². The highest BCUT2D eigenvalue weighted by Gasteiger charge is 2.46. The van der Waals surface area contributed by atoms with Gasteiger partial charge in [0.25, 0.3) is 0 Å². The van der Waals surface area contributed by atoms with Gasteiger partial charge in [-0.3, -0.25) is 5.32 Å². The Balaban J connectivity index is 3.46. The van der Waals surface area contributed by atoms with Gasteiger partial charge >= 0.3 is 11.9 Å². The molecule has 0 aromatic carbocycles. The van der Waals surface area contributed by atoms with Crippen LogP contribution in [0.5, 0.6) is 0 Å². The summed E-state index contributed by atoms with van der Waals surface area (Å²) < 4.78 is 0. The van der Waals surface area contributed by atoms with Crippen LogP contribution in [-0.4, -0.2) is 76.7 Å². The number of nitrogens with one attached hydrogen (secondary N) is 3. The molecule has 9 heteroatoms. The van der Waals surface area contributed by atoms with E-state index in [9.17, 15) is 0 Å². The molecule has 0 aliphatic heterocycles. The van der Waals surface area contributed by atoms with Crippen LogP contribution in [-0.2, 0) is 0 Å². The van der Waals surface area contributed by atoms with Gasteiger partial charge in [0, 0.05) is 39.3 Å². The van der Waals surface area contributed by atoms with Crippen LogP contribution in [0.4, 0.5) is 0 Å². The fourth-order valence-corrected chi connectivity index (χ4v) is 0.973. The molecule has 0 bridgehead atoms. The molecule has 0 saturated carbocycles. The zero-order valence-corrected chi connectivity index (χ0v) is 9.56. The maximum absolute atomic E-state index is 8.96. The van der Waals surface area contributed by atoms with Crippen LogP contribution in [0.1, 0.15) is 0 Å². The molecule has 0 radical (unpaired) electrons. The van der Waals surface area contributed by atoms with Gasteiger partial charge in [0.05, 0.1) is 0 Å². The van der Waals surface area contributed by atoms with Crippen molar-refractivity contribution >= 4 is 0 Å². The smallest absolute Gasteiger partial charge is 0.347 e. The van der Waals surface area contributed by atoms with Gasteiger partial charge in [-0.2, -0.15) is 0 Å². The van der Waals surface area contributed by atoms with Crippen LogP contribution < -0.4 is 21.7 Å². The van der Waals surface area contributed by atoms with Crippen LogP contribution >= 0.6 is 0 Å². The molecule has 0 aromatic heterocycles. The number of rotatable bonds is 10. The standard InChI is InChI=1S/C8H22N4O5/c9-1-2-10-3-4-11-5-6-12-7(13,14)8(15,16)17/h10-17H,1-6,9H2. The lowest BCUT2D eigenvalue weighted by Crippen LogP contribution is -2.64. The van der Waals surface area contributed by atoms with Crippen molar-refractivity contribution in [1.82, 2.24) is 16.0 Å². The van der Waals surface area contributed by atoms with E-state index in [-0.39, 0.29) is 6.54 Å². The fourth-order valence-electron chi connectivity index (χ4n) is 0.973. The lowest BCUT2D eigenvalue weighted by atomic mass is 10.4. The summed E-state index contributed by atoms with van der Waals surface area (Å²) in [6.45, 7) is 3.01. The topological polar surface area (TPSA) is 163 Å². The summed E-state index contributed by atoms with van der Waals surface area (Å²) in [5.41, 5.74) is 5.26. The zero-order valence-electron chi connectivity index (χ0n) is 9.56. The summed E-state index contributed by atoms with van der Waals surface area (Å²) >= 11 is 0. The van der Waals surface area contributed by atoms with Crippen molar-refractivity contribution in [2.24, 2.45) is 5.73 Å². The maximum atomic E-state index is 8.96. The first-order valence-electron chi connectivity index (χ1n) is 5.29. The molecule has 0 unspecified atom stereocenters. The largest absolute Gasteiger partial charge is 0.348 e. The number of hydrogen-bond donors (Lipinski definition) is 9. The second kappa shape index (κ2) is 7.87. The summed E-state index contributed by atoms with van der Waals surface area (Å²) in [5, 5.41) is 51.5. The predicted octanol–water partition coefficient (Wildman–Crippen LogP) is -5.02. The van der Waals surface area contributed by atoms with Crippen LogP contribution in [0.15, 0.2) is 0 Å². The SMILES string of the molecule is NCCNCCNCCNC(O)(O)C(O)(O)O. The molecule has 0 aromatic rings. The van der Waals surface area contributed by atoms with Crippen LogP contribution in [0, 0.1) is 0 Å². The average Bonchev–Trinajstić information content (AvgIpc) is 2.20. The number of nitrogens with two attached hydrogens (primary N) is 1. The zero-order chi connectivity index (χ0) is 13.4. The monoisotopic (exact) mass is 254 g/mol. The van der Waals surface area contributed by atoms with E-state index in [0.717, 1.165) is 6.54 Å². The average molecular weight is 254 g/mol. The molecular formula is C8H22N4O5. The van der Waals surface area contributed by atoms with E-state index in [0.29, 0.717) is 26.2 Å². The molecule has 0 amide bonds. The molecule has 0 spiro atoms. The lowest BCUT2D eigenvalue weighted by Gasteiger charge is -2.30. The first-order valence-corrected chi connectivity index (χ1v) is 5.29. The van der Waals surface area contributed by atoms with Crippen molar-refractivity contribution in [3.05, 3.63) is 0 Å². The first-order chi connectivity index (χ1) is 7.81. The molecule has 104 valence electrons. The van der Waals surface area contributed by atoms with Gasteiger partial charge in [-0.15, -0.1) is 0 Å². The summed E-state index contributed by atoms with van der Waals surface area (Å²) in [6, 6.07) is 0. The van der Waals surface area contributed by atoms with E-state index in [1.165, 1.54) is 0 Å². The third-order valence-corrected chi connectivity index (χ3v) is 1.94. The summed E-state index contributed by atoms with van der Waals surface area (Å²) in [4.78, 5) is 0. The highest BCUT2D eigenvalue weighted by Crippen LogP contribution is 2.08. The van der Waals surface area contributed by atoms with Crippen molar-refractivity contribution < 1.29 is 25.5 Å². The quantitative estimate of drug-likeness (QED) is 0.137. The molecule has 0 saturated heterocycles. The molecule has 9 nitrogen and oxygen atoms in total. The molecule has 10 N–H and O–H groups in total. The highest BCUT2D eigenvalue weighted by atomic mass is 16.7.